The maximum Gasteiger partial charge on any atom is 0.356 e. The quantitative estimate of drug-likeness (QED) is 0.283. The second kappa shape index (κ2) is 7.00. The Morgan fingerprint density at radius 1 is 1.11 bits per heavy atom. The van der Waals surface area contributed by atoms with Gasteiger partial charge in [-0.1, -0.05) is 12.1 Å². The molecule has 3 aromatic rings. The molecule has 0 aliphatic carbocycles. The number of carbonyl (C=O) groups is 1. The second-order valence-corrected chi connectivity index (χ2v) is 6.85. The zero-order valence-electron chi connectivity index (χ0n) is 13.9. The van der Waals surface area contributed by atoms with Crippen molar-refractivity contribution in [3.05, 3.63) is 70.4 Å². The summed E-state index contributed by atoms with van der Waals surface area (Å²) in [6.45, 7) is 0. The first-order chi connectivity index (χ1) is 12.8. The summed E-state index contributed by atoms with van der Waals surface area (Å²) in [6.07, 6.45) is 0. The molecule has 0 spiro atoms. The van der Waals surface area contributed by atoms with Crippen molar-refractivity contribution in [3.63, 3.8) is 0 Å². The third kappa shape index (κ3) is 3.70. The number of hydrogen-bond acceptors (Lipinski definition) is 8. The molecule has 27 heavy (non-hydrogen) atoms. The largest absolute Gasteiger partial charge is 0.464 e. The predicted octanol–water partition coefficient (Wildman–Crippen LogP) is 2.70. The van der Waals surface area contributed by atoms with Crippen LogP contribution in [0.4, 0.5) is 5.69 Å². The maximum absolute atomic E-state index is 12.5. The molecule has 2 aromatic carbocycles. The lowest BCUT2D eigenvalue weighted by Crippen LogP contribution is -2.12. The first kappa shape index (κ1) is 18.3. The van der Waals surface area contributed by atoms with E-state index in [-0.39, 0.29) is 22.0 Å². The summed E-state index contributed by atoms with van der Waals surface area (Å²) in [7, 11) is -3.12. The van der Waals surface area contributed by atoms with Crippen LogP contribution in [0.25, 0.3) is 10.9 Å². The minimum absolute atomic E-state index is 0.112. The van der Waals surface area contributed by atoms with E-state index in [0.717, 1.165) is 30.3 Å². The van der Waals surface area contributed by atoms with Gasteiger partial charge in [-0.2, -0.15) is 8.42 Å². The van der Waals surface area contributed by atoms with Gasteiger partial charge in [-0.3, -0.25) is 10.1 Å². The van der Waals surface area contributed by atoms with Crippen LogP contribution in [0.3, 0.4) is 0 Å². The van der Waals surface area contributed by atoms with Crippen LogP contribution in [0.2, 0.25) is 0 Å². The molecule has 1 aromatic heterocycles. The Balaban J connectivity index is 2.06. The zero-order chi connectivity index (χ0) is 19.6. The van der Waals surface area contributed by atoms with Gasteiger partial charge in [-0.25, -0.2) is 9.78 Å². The van der Waals surface area contributed by atoms with Crippen molar-refractivity contribution in [1.29, 1.82) is 0 Å². The highest BCUT2D eigenvalue weighted by Crippen LogP contribution is 2.29. The number of pyridine rings is 1. The molecule has 0 bridgehead atoms. The molecule has 0 atom stereocenters. The fourth-order valence-corrected chi connectivity index (χ4v) is 3.26. The molecule has 10 heteroatoms. The van der Waals surface area contributed by atoms with Crippen molar-refractivity contribution in [3.8, 4) is 5.75 Å². The van der Waals surface area contributed by atoms with E-state index in [1.807, 2.05) is 0 Å². The van der Waals surface area contributed by atoms with Crippen LogP contribution in [0, 0.1) is 10.1 Å². The fourth-order valence-electron chi connectivity index (χ4n) is 2.32. The van der Waals surface area contributed by atoms with E-state index in [1.54, 1.807) is 24.3 Å². The molecule has 0 saturated heterocycles. The number of aromatic nitrogens is 1. The summed E-state index contributed by atoms with van der Waals surface area (Å²) in [5, 5.41) is 11.1. The van der Waals surface area contributed by atoms with Gasteiger partial charge in [-0.05, 0) is 24.3 Å². The SMILES string of the molecule is COC(=O)c1cc(OS(=O)(=O)c2ccc([N+](=O)[O-])cc2)c2ccccc2n1. The van der Waals surface area contributed by atoms with E-state index >= 15 is 0 Å². The van der Waals surface area contributed by atoms with Crippen LogP contribution in [0.15, 0.2) is 59.5 Å². The highest BCUT2D eigenvalue weighted by atomic mass is 32.2. The first-order valence-electron chi connectivity index (χ1n) is 7.49. The number of fused-ring (bicyclic) bond motifs is 1. The molecule has 1 heterocycles. The summed E-state index contributed by atoms with van der Waals surface area (Å²) >= 11 is 0. The monoisotopic (exact) mass is 388 g/mol. The number of benzene rings is 2. The van der Waals surface area contributed by atoms with Gasteiger partial charge in [0.15, 0.2) is 11.4 Å². The number of para-hydroxylation sites is 1. The van der Waals surface area contributed by atoms with E-state index in [1.165, 1.54) is 7.11 Å². The normalized spacial score (nSPS) is 11.1. The van der Waals surface area contributed by atoms with Gasteiger partial charge in [0, 0.05) is 23.6 Å². The van der Waals surface area contributed by atoms with E-state index in [0.29, 0.717) is 10.9 Å². The minimum Gasteiger partial charge on any atom is -0.464 e. The molecule has 0 unspecified atom stereocenters. The third-order valence-corrected chi connectivity index (χ3v) is 4.86. The molecule has 0 aliphatic rings. The van der Waals surface area contributed by atoms with E-state index in [4.69, 9.17) is 4.18 Å². The number of methoxy groups -OCH3 is 1. The molecule has 0 saturated carbocycles. The lowest BCUT2D eigenvalue weighted by atomic mass is 10.2. The zero-order valence-corrected chi connectivity index (χ0v) is 14.7. The molecule has 0 aliphatic heterocycles. The molecule has 0 radical (unpaired) electrons. The lowest BCUT2D eigenvalue weighted by Gasteiger charge is -2.11. The molecule has 0 amide bonds. The van der Waals surface area contributed by atoms with Crippen molar-refractivity contribution in [2.45, 2.75) is 4.90 Å². The van der Waals surface area contributed by atoms with Gasteiger partial charge < -0.3 is 8.92 Å². The number of nitrogens with zero attached hydrogens (tertiary/aromatic N) is 2. The van der Waals surface area contributed by atoms with E-state index in [2.05, 4.69) is 9.72 Å². The highest BCUT2D eigenvalue weighted by Gasteiger charge is 2.21. The first-order valence-corrected chi connectivity index (χ1v) is 8.90. The Morgan fingerprint density at radius 3 is 2.41 bits per heavy atom. The van der Waals surface area contributed by atoms with E-state index in [9.17, 15) is 23.3 Å². The van der Waals surface area contributed by atoms with Crippen molar-refractivity contribution in [2.75, 3.05) is 7.11 Å². The second-order valence-electron chi connectivity index (χ2n) is 5.30. The Labute approximate surface area is 153 Å². The molecule has 3 rings (SSSR count). The Hall–Kier alpha value is -3.53. The molecule has 9 nitrogen and oxygen atoms in total. The Morgan fingerprint density at radius 2 is 1.78 bits per heavy atom. The average Bonchev–Trinajstić information content (AvgIpc) is 2.67. The number of nitro benzene ring substituents is 1. The number of rotatable bonds is 5. The van der Waals surface area contributed by atoms with Gasteiger partial charge in [0.25, 0.3) is 5.69 Å². The molecule has 138 valence electrons. The number of non-ortho nitro benzene ring substituents is 1. The summed E-state index contributed by atoms with van der Waals surface area (Å²) in [5.74, 6) is -0.863. The number of nitro groups is 1. The van der Waals surface area contributed by atoms with Crippen LogP contribution in [-0.4, -0.2) is 31.4 Å². The van der Waals surface area contributed by atoms with Crippen molar-refractivity contribution in [1.82, 2.24) is 4.98 Å². The Bertz CT molecular complexity index is 1140. The molecule has 0 fully saturated rings. The van der Waals surface area contributed by atoms with E-state index < -0.39 is 21.0 Å². The molecule has 0 N–H and O–H groups in total. The predicted molar refractivity (Wildman–Crippen MR) is 94.0 cm³/mol. The van der Waals surface area contributed by atoms with Crippen molar-refractivity contribution < 1.29 is 27.1 Å². The highest BCUT2D eigenvalue weighted by molar-refractivity contribution is 7.87. The van der Waals surface area contributed by atoms with Crippen LogP contribution in [0.5, 0.6) is 5.75 Å². The standard InChI is InChI=1S/C17H12N2O7S/c1-25-17(20)15-10-16(13-4-2-3-5-14(13)18-15)26-27(23,24)12-8-6-11(7-9-12)19(21)22/h2-10H,1H3. The summed E-state index contributed by atoms with van der Waals surface area (Å²) < 4.78 is 34.9. The number of carbonyl (C=O) groups excluding carboxylic acids is 1. The minimum atomic E-state index is -4.30. The van der Waals surface area contributed by atoms with Gasteiger partial charge in [-0.15, -0.1) is 0 Å². The Kier molecular flexibility index (Phi) is 4.74. The average molecular weight is 388 g/mol. The summed E-state index contributed by atoms with van der Waals surface area (Å²) in [6, 6.07) is 11.9. The van der Waals surface area contributed by atoms with Crippen molar-refractivity contribution >= 4 is 32.7 Å². The van der Waals surface area contributed by atoms with Crippen molar-refractivity contribution in [2.24, 2.45) is 0 Å². The number of hydrogen-bond donors (Lipinski definition) is 0. The van der Waals surface area contributed by atoms with Crippen LogP contribution in [-0.2, 0) is 14.9 Å². The fraction of sp³-hybridized carbons (Fsp3) is 0.0588. The topological polar surface area (TPSA) is 126 Å². The lowest BCUT2D eigenvalue weighted by molar-refractivity contribution is -0.384. The van der Waals surface area contributed by atoms with Gasteiger partial charge >= 0.3 is 16.1 Å². The van der Waals surface area contributed by atoms with Crippen LogP contribution in [0.1, 0.15) is 10.5 Å². The number of ether oxygens (including phenoxy) is 1. The third-order valence-electron chi connectivity index (χ3n) is 3.61. The van der Waals surface area contributed by atoms with Gasteiger partial charge in [0.2, 0.25) is 0 Å². The van der Waals surface area contributed by atoms with Gasteiger partial charge in [0.05, 0.1) is 17.5 Å². The smallest absolute Gasteiger partial charge is 0.356 e. The molecular formula is C17H12N2O7S. The van der Waals surface area contributed by atoms with Crippen LogP contribution < -0.4 is 4.18 Å². The maximum atomic E-state index is 12.5. The van der Waals surface area contributed by atoms with Crippen LogP contribution >= 0.6 is 0 Å². The summed E-state index contributed by atoms with van der Waals surface area (Å²) in [4.78, 5) is 25.7. The molecular weight excluding hydrogens is 376 g/mol. The van der Waals surface area contributed by atoms with Gasteiger partial charge in [0.1, 0.15) is 4.90 Å². The summed E-state index contributed by atoms with van der Waals surface area (Å²) in [5.41, 5.74) is -0.0318. The number of esters is 1.